The number of para-hydroxylation sites is 1. The fourth-order valence-electron chi connectivity index (χ4n) is 1.73. The molecule has 1 heterocycles. The van der Waals surface area contributed by atoms with E-state index < -0.39 is 0 Å². The third kappa shape index (κ3) is 1.83. The minimum atomic E-state index is -0.276. The number of aromatic nitrogens is 2. The second-order valence-corrected chi connectivity index (χ2v) is 3.73. The highest BCUT2D eigenvalue weighted by atomic mass is 35.5. The number of hydrogen-bond acceptors (Lipinski definition) is 1. The van der Waals surface area contributed by atoms with Gasteiger partial charge in [-0.3, -0.25) is 0 Å². The van der Waals surface area contributed by atoms with Crippen LogP contribution in [0, 0.1) is 5.82 Å². The fraction of sp³-hybridized carbons (Fsp3) is 0.250. The molecule has 0 fully saturated rings. The normalized spacial score (nSPS) is 10.7. The lowest BCUT2D eigenvalue weighted by molar-refractivity contribution is 0.607. The van der Waals surface area contributed by atoms with Crippen LogP contribution in [-0.2, 0) is 12.3 Å². The molecule has 0 atom stereocenters. The van der Waals surface area contributed by atoms with E-state index in [4.69, 9.17) is 11.6 Å². The Morgan fingerprint density at radius 2 is 2.12 bits per heavy atom. The van der Waals surface area contributed by atoms with Crippen LogP contribution < -0.4 is 0 Å². The van der Waals surface area contributed by atoms with Crippen LogP contribution >= 0.6 is 11.6 Å². The van der Waals surface area contributed by atoms with Gasteiger partial charge in [0.25, 0.3) is 0 Å². The zero-order chi connectivity index (χ0) is 11.5. The van der Waals surface area contributed by atoms with E-state index in [2.05, 4.69) is 5.10 Å². The van der Waals surface area contributed by atoms with E-state index in [1.54, 1.807) is 29.1 Å². The average Bonchev–Trinajstić information content (AvgIpc) is 2.72. The molecule has 2 rings (SSSR count). The molecule has 2 nitrogen and oxygen atoms in total. The number of benzene rings is 1. The van der Waals surface area contributed by atoms with Crippen LogP contribution in [0.4, 0.5) is 4.39 Å². The molecule has 0 aliphatic carbocycles. The number of alkyl halides is 1. The first-order valence-corrected chi connectivity index (χ1v) is 5.68. The van der Waals surface area contributed by atoms with Crippen LogP contribution in [0.15, 0.2) is 30.5 Å². The molecule has 2 aromatic rings. The van der Waals surface area contributed by atoms with Crippen molar-refractivity contribution in [1.29, 1.82) is 0 Å². The predicted molar refractivity (Wildman–Crippen MR) is 62.5 cm³/mol. The van der Waals surface area contributed by atoms with E-state index in [1.165, 1.54) is 6.07 Å². The highest BCUT2D eigenvalue weighted by Crippen LogP contribution is 2.19. The van der Waals surface area contributed by atoms with Crippen LogP contribution in [0.5, 0.6) is 0 Å². The maximum absolute atomic E-state index is 13.6. The van der Waals surface area contributed by atoms with Crippen molar-refractivity contribution in [1.82, 2.24) is 9.78 Å². The molecule has 1 aromatic heterocycles. The van der Waals surface area contributed by atoms with Crippen molar-refractivity contribution in [3.8, 4) is 5.69 Å². The fourth-order valence-corrected chi connectivity index (χ4v) is 1.95. The zero-order valence-corrected chi connectivity index (χ0v) is 9.71. The van der Waals surface area contributed by atoms with Crippen molar-refractivity contribution in [2.75, 3.05) is 0 Å². The summed E-state index contributed by atoms with van der Waals surface area (Å²) in [5.74, 6) is 0.124. The smallest absolute Gasteiger partial charge is 0.148 e. The molecule has 0 bridgehead atoms. The summed E-state index contributed by atoms with van der Waals surface area (Å²) < 4.78 is 15.2. The molecule has 4 heteroatoms. The van der Waals surface area contributed by atoms with Gasteiger partial charge in [-0.1, -0.05) is 19.1 Å². The molecular weight excluding hydrogens is 227 g/mol. The first kappa shape index (κ1) is 11.1. The highest BCUT2D eigenvalue weighted by molar-refractivity contribution is 6.17. The van der Waals surface area contributed by atoms with Crippen LogP contribution in [-0.4, -0.2) is 9.78 Å². The van der Waals surface area contributed by atoms with Gasteiger partial charge in [0.15, 0.2) is 0 Å². The topological polar surface area (TPSA) is 17.8 Å². The number of rotatable bonds is 3. The Bertz CT molecular complexity index is 494. The Labute approximate surface area is 98.7 Å². The van der Waals surface area contributed by atoms with Crippen molar-refractivity contribution in [3.63, 3.8) is 0 Å². The molecule has 0 aliphatic rings. The maximum Gasteiger partial charge on any atom is 0.148 e. The van der Waals surface area contributed by atoms with Gasteiger partial charge in [-0.05, 0) is 18.6 Å². The number of hydrogen-bond donors (Lipinski definition) is 0. The molecular formula is C12H12ClFN2. The largest absolute Gasteiger partial charge is 0.235 e. The third-order valence-corrected chi connectivity index (χ3v) is 2.80. The summed E-state index contributed by atoms with van der Waals surface area (Å²) in [6, 6.07) is 6.59. The van der Waals surface area contributed by atoms with Gasteiger partial charge in [0.2, 0.25) is 0 Å². The van der Waals surface area contributed by atoms with Crippen molar-refractivity contribution in [3.05, 3.63) is 47.5 Å². The molecule has 0 amide bonds. The van der Waals surface area contributed by atoms with Crippen LogP contribution in [0.3, 0.4) is 0 Å². The Balaban J connectivity index is 2.56. The van der Waals surface area contributed by atoms with Gasteiger partial charge >= 0.3 is 0 Å². The van der Waals surface area contributed by atoms with Gasteiger partial charge in [-0.2, -0.15) is 5.10 Å². The molecule has 0 spiro atoms. The molecule has 0 aliphatic heterocycles. The first-order chi connectivity index (χ1) is 7.77. The second-order valence-electron chi connectivity index (χ2n) is 3.47. The Morgan fingerprint density at radius 3 is 2.75 bits per heavy atom. The summed E-state index contributed by atoms with van der Waals surface area (Å²) in [4.78, 5) is 0. The minimum Gasteiger partial charge on any atom is -0.235 e. The molecule has 0 N–H and O–H groups in total. The summed E-state index contributed by atoms with van der Waals surface area (Å²) in [5, 5.41) is 4.18. The quantitative estimate of drug-likeness (QED) is 0.751. The standard InChI is InChI=1S/C12H12ClFN2/c1-2-11-9(7-13)8-15-16(11)12-6-4-3-5-10(12)14/h3-6,8H,2,7H2,1H3. The summed E-state index contributed by atoms with van der Waals surface area (Å²) in [5.41, 5.74) is 2.38. The molecule has 0 radical (unpaired) electrons. The zero-order valence-electron chi connectivity index (χ0n) is 8.95. The summed E-state index contributed by atoms with van der Waals surface area (Å²) >= 11 is 5.80. The Hall–Kier alpha value is -1.35. The van der Waals surface area contributed by atoms with Crippen LogP contribution in [0.2, 0.25) is 0 Å². The number of halogens is 2. The van der Waals surface area contributed by atoms with Gasteiger partial charge < -0.3 is 0 Å². The summed E-state index contributed by atoms with van der Waals surface area (Å²) in [7, 11) is 0. The lowest BCUT2D eigenvalue weighted by Gasteiger charge is -2.07. The summed E-state index contributed by atoms with van der Waals surface area (Å²) in [6.07, 6.45) is 2.47. The van der Waals surface area contributed by atoms with Gasteiger partial charge in [0.05, 0.1) is 12.1 Å². The van der Waals surface area contributed by atoms with Crippen molar-refractivity contribution < 1.29 is 4.39 Å². The van der Waals surface area contributed by atoms with Crippen molar-refractivity contribution in [2.24, 2.45) is 0 Å². The minimum absolute atomic E-state index is 0.276. The third-order valence-electron chi connectivity index (χ3n) is 2.51. The van der Waals surface area contributed by atoms with Crippen LogP contribution in [0.25, 0.3) is 5.69 Å². The van der Waals surface area contributed by atoms with E-state index in [-0.39, 0.29) is 5.82 Å². The first-order valence-electron chi connectivity index (χ1n) is 5.14. The van der Waals surface area contributed by atoms with Crippen LogP contribution in [0.1, 0.15) is 18.2 Å². The Morgan fingerprint density at radius 1 is 1.38 bits per heavy atom. The molecule has 0 saturated carbocycles. The molecule has 0 saturated heterocycles. The molecule has 1 aromatic carbocycles. The monoisotopic (exact) mass is 238 g/mol. The highest BCUT2D eigenvalue weighted by Gasteiger charge is 2.12. The van der Waals surface area contributed by atoms with E-state index in [9.17, 15) is 4.39 Å². The lowest BCUT2D eigenvalue weighted by atomic mass is 10.2. The SMILES string of the molecule is CCc1c(CCl)cnn1-c1ccccc1F. The van der Waals surface area contributed by atoms with Gasteiger partial charge in [0.1, 0.15) is 11.5 Å². The molecule has 0 unspecified atom stereocenters. The second kappa shape index (κ2) is 4.66. The van der Waals surface area contributed by atoms with Gasteiger partial charge in [0, 0.05) is 11.3 Å². The maximum atomic E-state index is 13.6. The summed E-state index contributed by atoms with van der Waals surface area (Å²) in [6.45, 7) is 2.00. The average molecular weight is 239 g/mol. The molecule has 16 heavy (non-hydrogen) atoms. The van der Waals surface area contributed by atoms with E-state index in [1.807, 2.05) is 6.92 Å². The van der Waals surface area contributed by atoms with E-state index >= 15 is 0 Å². The molecule has 84 valence electrons. The van der Waals surface area contributed by atoms with E-state index in [0.29, 0.717) is 11.6 Å². The van der Waals surface area contributed by atoms with Gasteiger partial charge in [-0.25, -0.2) is 9.07 Å². The van der Waals surface area contributed by atoms with E-state index in [0.717, 1.165) is 17.7 Å². The Kier molecular flexibility index (Phi) is 3.25. The predicted octanol–water partition coefficient (Wildman–Crippen LogP) is 3.31. The lowest BCUT2D eigenvalue weighted by Crippen LogP contribution is -2.04. The number of nitrogens with zero attached hydrogens (tertiary/aromatic N) is 2. The van der Waals surface area contributed by atoms with Crippen molar-refractivity contribution >= 4 is 11.6 Å². The van der Waals surface area contributed by atoms with Gasteiger partial charge in [-0.15, -0.1) is 11.6 Å². The van der Waals surface area contributed by atoms with Crippen molar-refractivity contribution in [2.45, 2.75) is 19.2 Å².